The quantitative estimate of drug-likeness (QED) is 0.563. The van der Waals surface area contributed by atoms with E-state index in [1.54, 1.807) is 20.9 Å². The highest BCUT2D eigenvalue weighted by molar-refractivity contribution is 5.69. The molecule has 8 nitrogen and oxygen atoms in total. The smallest absolute Gasteiger partial charge is 0.333 e. The van der Waals surface area contributed by atoms with E-state index in [1.165, 1.54) is 4.68 Å². The van der Waals surface area contributed by atoms with Gasteiger partial charge in [0.1, 0.15) is 5.69 Å². The number of hydrogen-bond acceptors (Lipinski definition) is 5. The van der Waals surface area contributed by atoms with Gasteiger partial charge in [0, 0.05) is 13.1 Å². The predicted molar refractivity (Wildman–Crippen MR) is 78.3 cm³/mol. The van der Waals surface area contributed by atoms with Gasteiger partial charge in [-0.2, -0.15) is 5.10 Å². The van der Waals surface area contributed by atoms with Crippen molar-refractivity contribution in [1.82, 2.24) is 9.78 Å². The summed E-state index contributed by atoms with van der Waals surface area (Å²) in [5.74, 6) is -0.782. The summed E-state index contributed by atoms with van der Waals surface area (Å²) in [5.41, 5.74) is 0.361. The van der Waals surface area contributed by atoms with Crippen LogP contribution in [0.5, 0.6) is 0 Å². The van der Waals surface area contributed by atoms with Gasteiger partial charge in [-0.25, -0.2) is 4.68 Å². The molecule has 21 heavy (non-hydrogen) atoms. The average molecular weight is 298 g/mol. The molecule has 0 bridgehead atoms. The van der Waals surface area contributed by atoms with Gasteiger partial charge in [-0.1, -0.05) is 13.3 Å². The number of hydrogen-bond donors (Lipinski definition) is 2. The number of carboxylic acid groups (broad SMARTS) is 1. The van der Waals surface area contributed by atoms with Crippen LogP contribution in [0.1, 0.15) is 38.8 Å². The third-order valence-electron chi connectivity index (χ3n) is 3.45. The molecule has 0 fully saturated rings. The Morgan fingerprint density at radius 1 is 1.48 bits per heavy atom. The number of nitrogens with zero attached hydrogens (tertiary/aromatic N) is 3. The maximum atomic E-state index is 11.1. The van der Waals surface area contributed by atoms with Gasteiger partial charge in [-0.3, -0.25) is 14.9 Å². The van der Waals surface area contributed by atoms with Gasteiger partial charge in [0.25, 0.3) is 0 Å². The standard InChI is InChI=1S/C13H22N4O4/c1-8(13(18)19)6-5-7-9(2)14-12-11(17(20)21)10(3)15-16(12)4/h8-9,14H,5-7H2,1-4H3,(H,18,19). The van der Waals surface area contributed by atoms with E-state index in [-0.39, 0.29) is 17.6 Å². The first-order valence-corrected chi connectivity index (χ1v) is 6.91. The monoisotopic (exact) mass is 298 g/mol. The molecule has 8 heteroatoms. The second-order valence-corrected chi connectivity index (χ2v) is 5.38. The van der Waals surface area contributed by atoms with E-state index in [2.05, 4.69) is 10.4 Å². The maximum Gasteiger partial charge on any atom is 0.333 e. The number of rotatable bonds is 8. The number of aliphatic carboxylic acids is 1. The molecule has 0 aromatic carbocycles. The largest absolute Gasteiger partial charge is 0.481 e. The highest BCUT2D eigenvalue weighted by atomic mass is 16.6. The molecule has 0 radical (unpaired) electrons. The Balaban J connectivity index is 2.61. The van der Waals surface area contributed by atoms with Gasteiger partial charge in [0.15, 0.2) is 0 Å². The molecule has 0 spiro atoms. The molecule has 2 unspecified atom stereocenters. The SMILES string of the molecule is Cc1nn(C)c(NC(C)CCCC(C)C(=O)O)c1[N+](=O)[O-]. The van der Waals surface area contributed by atoms with E-state index in [0.29, 0.717) is 17.9 Å². The van der Waals surface area contributed by atoms with Crippen molar-refractivity contribution in [3.05, 3.63) is 15.8 Å². The van der Waals surface area contributed by atoms with Crippen LogP contribution in [-0.2, 0) is 11.8 Å². The number of aryl methyl sites for hydroxylation is 2. The number of nitrogens with one attached hydrogen (secondary N) is 1. The zero-order chi connectivity index (χ0) is 16.2. The molecular formula is C13H22N4O4. The van der Waals surface area contributed by atoms with Gasteiger partial charge in [-0.05, 0) is 26.7 Å². The Morgan fingerprint density at radius 3 is 2.62 bits per heavy atom. The molecule has 1 aromatic rings. The molecule has 2 N–H and O–H groups in total. The van der Waals surface area contributed by atoms with Crippen LogP contribution in [0.25, 0.3) is 0 Å². The zero-order valence-corrected chi connectivity index (χ0v) is 12.8. The van der Waals surface area contributed by atoms with Crippen molar-refractivity contribution in [2.75, 3.05) is 5.32 Å². The minimum absolute atomic E-state index is 0.000468. The topological polar surface area (TPSA) is 110 Å². The summed E-state index contributed by atoms with van der Waals surface area (Å²) in [5, 5.41) is 27.0. The minimum atomic E-state index is -0.798. The summed E-state index contributed by atoms with van der Waals surface area (Å²) in [7, 11) is 1.65. The molecule has 1 aromatic heterocycles. The lowest BCUT2D eigenvalue weighted by molar-refractivity contribution is -0.384. The van der Waals surface area contributed by atoms with E-state index < -0.39 is 10.9 Å². The molecule has 0 saturated carbocycles. The molecule has 0 aliphatic heterocycles. The molecule has 0 amide bonds. The van der Waals surface area contributed by atoms with Gasteiger partial charge in [-0.15, -0.1) is 0 Å². The van der Waals surface area contributed by atoms with Gasteiger partial charge in [0.2, 0.25) is 5.82 Å². The Labute approximate surface area is 123 Å². The van der Waals surface area contributed by atoms with Crippen LogP contribution in [0.15, 0.2) is 0 Å². The Hall–Kier alpha value is -2.12. The summed E-state index contributed by atoms with van der Waals surface area (Å²) in [6.07, 6.45) is 2.07. The van der Waals surface area contributed by atoms with Crippen LogP contribution >= 0.6 is 0 Å². The first-order chi connectivity index (χ1) is 9.73. The van der Waals surface area contributed by atoms with E-state index >= 15 is 0 Å². The molecule has 2 atom stereocenters. The van der Waals surface area contributed by atoms with E-state index in [1.807, 2.05) is 6.92 Å². The maximum absolute atomic E-state index is 11.1. The van der Waals surface area contributed by atoms with Gasteiger partial charge >= 0.3 is 11.7 Å². The van der Waals surface area contributed by atoms with Crippen LogP contribution in [0.2, 0.25) is 0 Å². The first kappa shape index (κ1) is 16.9. The van der Waals surface area contributed by atoms with Crippen molar-refractivity contribution >= 4 is 17.5 Å². The van der Waals surface area contributed by atoms with Gasteiger partial charge in [0.05, 0.1) is 10.8 Å². The fraction of sp³-hybridized carbons (Fsp3) is 0.692. The highest BCUT2D eigenvalue weighted by Gasteiger charge is 2.24. The van der Waals surface area contributed by atoms with Crippen molar-refractivity contribution in [3.8, 4) is 0 Å². The summed E-state index contributed by atoms with van der Waals surface area (Å²) >= 11 is 0. The predicted octanol–water partition coefficient (Wildman–Crippen LogP) is 2.33. The van der Waals surface area contributed by atoms with E-state index in [0.717, 1.165) is 12.8 Å². The van der Waals surface area contributed by atoms with Crippen molar-refractivity contribution < 1.29 is 14.8 Å². The molecule has 1 heterocycles. The lowest BCUT2D eigenvalue weighted by Crippen LogP contribution is -2.19. The molecular weight excluding hydrogens is 276 g/mol. The van der Waals surface area contributed by atoms with Crippen LogP contribution in [0, 0.1) is 23.0 Å². The zero-order valence-electron chi connectivity index (χ0n) is 12.8. The Bertz CT molecular complexity index is 526. The number of nitro groups is 1. The minimum Gasteiger partial charge on any atom is -0.481 e. The van der Waals surface area contributed by atoms with Crippen LogP contribution < -0.4 is 5.32 Å². The molecule has 1 rings (SSSR count). The summed E-state index contributed by atoms with van der Waals surface area (Å²) in [6, 6.07) is -0.000468. The lowest BCUT2D eigenvalue weighted by atomic mass is 10.0. The van der Waals surface area contributed by atoms with E-state index in [9.17, 15) is 14.9 Å². The summed E-state index contributed by atoms with van der Waals surface area (Å²) in [6.45, 7) is 5.19. The number of anilines is 1. The fourth-order valence-corrected chi connectivity index (χ4v) is 2.19. The summed E-state index contributed by atoms with van der Waals surface area (Å²) in [4.78, 5) is 21.4. The Kier molecular flexibility index (Phi) is 5.69. The van der Waals surface area contributed by atoms with Crippen molar-refractivity contribution in [3.63, 3.8) is 0 Å². The van der Waals surface area contributed by atoms with Crippen molar-refractivity contribution in [2.45, 2.75) is 46.1 Å². The normalized spacial score (nSPS) is 13.7. The highest BCUT2D eigenvalue weighted by Crippen LogP contribution is 2.28. The van der Waals surface area contributed by atoms with Crippen LogP contribution in [0.4, 0.5) is 11.5 Å². The lowest BCUT2D eigenvalue weighted by Gasteiger charge is -2.15. The second-order valence-electron chi connectivity index (χ2n) is 5.38. The van der Waals surface area contributed by atoms with Gasteiger partial charge < -0.3 is 10.4 Å². The molecule has 0 saturated heterocycles. The number of aromatic nitrogens is 2. The second kappa shape index (κ2) is 7.05. The third kappa shape index (κ3) is 4.44. The first-order valence-electron chi connectivity index (χ1n) is 6.91. The fourth-order valence-electron chi connectivity index (χ4n) is 2.19. The average Bonchev–Trinajstić information content (AvgIpc) is 2.63. The van der Waals surface area contributed by atoms with Crippen molar-refractivity contribution in [1.29, 1.82) is 0 Å². The molecule has 0 aliphatic carbocycles. The van der Waals surface area contributed by atoms with Crippen LogP contribution in [0.3, 0.4) is 0 Å². The number of carboxylic acids is 1. The molecule has 0 aliphatic rings. The van der Waals surface area contributed by atoms with Crippen molar-refractivity contribution in [2.24, 2.45) is 13.0 Å². The van der Waals surface area contributed by atoms with Crippen LogP contribution in [-0.4, -0.2) is 31.8 Å². The summed E-state index contributed by atoms with van der Waals surface area (Å²) < 4.78 is 1.46. The Morgan fingerprint density at radius 2 is 2.10 bits per heavy atom. The van der Waals surface area contributed by atoms with E-state index in [4.69, 9.17) is 5.11 Å². The third-order valence-corrected chi connectivity index (χ3v) is 3.45. The number of carbonyl (C=O) groups is 1. The molecule has 118 valence electrons.